The van der Waals surface area contributed by atoms with E-state index >= 15 is 0 Å². The predicted octanol–water partition coefficient (Wildman–Crippen LogP) is 2.01. The van der Waals surface area contributed by atoms with Crippen LogP contribution in [0.4, 0.5) is 4.39 Å². The van der Waals surface area contributed by atoms with Crippen LogP contribution in [0.2, 0.25) is 0 Å². The summed E-state index contributed by atoms with van der Waals surface area (Å²) in [6, 6.07) is 5.31. The van der Waals surface area contributed by atoms with E-state index in [1.54, 1.807) is 0 Å². The summed E-state index contributed by atoms with van der Waals surface area (Å²) in [6.07, 6.45) is 1.21. The third-order valence-electron chi connectivity index (χ3n) is 2.38. The van der Waals surface area contributed by atoms with Crippen molar-refractivity contribution in [1.82, 2.24) is 5.32 Å². The molecular weight excluding hydrogens is 239 g/mol. The van der Waals surface area contributed by atoms with Crippen LogP contribution in [-0.4, -0.2) is 16.9 Å². The van der Waals surface area contributed by atoms with E-state index < -0.39 is 0 Å². The molecular formula is C12H15FN2OS. The topological polar surface area (TPSA) is 55.1 Å². The minimum atomic E-state index is -0.364. The molecule has 5 heteroatoms. The van der Waals surface area contributed by atoms with Gasteiger partial charge in [0.25, 0.3) is 5.91 Å². The zero-order valence-corrected chi connectivity index (χ0v) is 10.4. The molecule has 1 amide bonds. The normalized spacial score (nSPS) is 11.9. The highest BCUT2D eigenvalue weighted by atomic mass is 32.1. The molecule has 0 saturated carbocycles. The average molecular weight is 254 g/mol. The van der Waals surface area contributed by atoms with Gasteiger partial charge < -0.3 is 11.1 Å². The standard InChI is InChI=1S/C12H15FN2OS/c1-2-10(7-11(14)17)15-12(16)8-3-5-9(13)6-4-8/h3-6,10H,2,7H2,1H3,(H2,14,17)(H,15,16). The van der Waals surface area contributed by atoms with E-state index in [9.17, 15) is 9.18 Å². The smallest absolute Gasteiger partial charge is 0.251 e. The molecule has 1 rings (SSSR count). The molecule has 1 aromatic rings. The lowest BCUT2D eigenvalue weighted by Crippen LogP contribution is -2.37. The Labute approximate surface area is 105 Å². The summed E-state index contributed by atoms with van der Waals surface area (Å²) in [5.41, 5.74) is 5.86. The van der Waals surface area contributed by atoms with Crippen molar-refractivity contribution in [3.05, 3.63) is 35.6 Å². The first-order valence-electron chi connectivity index (χ1n) is 5.37. The Bertz CT molecular complexity index is 405. The largest absolute Gasteiger partial charge is 0.393 e. The van der Waals surface area contributed by atoms with E-state index in [4.69, 9.17) is 18.0 Å². The fraction of sp³-hybridized carbons (Fsp3) is 0.333. The lowest BCUT2D eigenvalue weighted by molar-refractivity contribution is 0.0937. The van der Waals surface area contributed by atoms with Gasteiger partial charge in [0.15, 0.2) is 0 Å². The quantitative estimate of drug-likeness (QED) is 0.790. The van der Waals surface area contributed by atoms with Gasteiger partial charge in [-0.1, -0.05) is 19.1 Å². The van der Waals surface area contributed by atoms with Gasteiger partial charge in [0, 0.05) is 18.0 Å². The molecule has 0 bridgehead atoms. The summed E-state index contributed by atoms with van der Waals surface area (Å²) in [5, 5.41) is 2.80. The number of carbonyl (C=O) groups is 1. The molecule has 0 aliphatic carbocycles. The molecule has 0 spiro atoms. The maximum atomic E-state index is 12.7. The minimum absolute atomic E-state index is 0.0787. The van der Waals surface area contributed by atoms with Crippen LogP contribution in [0.3, 0.4) is 0 Å². The molecule has 3 N–H and O–H groups in total. The highest BCUT2D eigenvalue weighted by Gasteiger charge is 2.12. The number of hydrogen-bond donors (Lipinski definition) is 2. The highest BCUT2D eigenvalue weighted by Crippen LogP contribution is 2.05. The maximum Gasteiger partial charge on any atom is 0.251 e. The number of hydrogen-bond acceptors (Lipinski definition) is 2. The summed E-state index contributed by atoms with van der Waals surface area (Å²) in [5.74, 6) is -0.607. The summed E-state index contributed by atoms with van der Waals surface area (Å²) in [4.78, 5) is 12.2. The molecule has 0 aromatic heterocycles. The summed E-state index contributed by atoms with van der Waals surface area (Å²) in [6.45, 7) is 1.94. The van der Waals surface area contributed by atoms with Gasteiger partial charge in [0.2, 0.25) is 0 Å². The van der Waals surface area contributed by atoms with E-state index in [0.717, 1.165) is 6.42 Å². The Balaban J connectivity index is 2.64. The highest BCUT2D eigenvalue weighted by molar-refractivity contribution is 7.80. The minimum Gasteiger partial charge on any atom is -0.393 e. The molecule has 17 heavy (non-hydrogen) atoms. The van der Waals surface area contributed by atoms with Gasteiger partial charge in [0.05, 0.1) is 4.99 Å². The third-order valence-corrected chi connectivity index (χ3v) is 2.55. The average Bonchev–Trinajstić information content (AvgIpc) is 2.28. The molecule has 92 valence electrons. The molecule has 0 heterocycles. The van der Waals surface area contributed by atoms with E-state index in [2.05, 4.69) is 5.32 Å². The Hall–Kier alpha value is -1.49. The zero-order chi connectivity index (χ0) is 12.8. The summed E-state index contributed by atoms with van der Waals surface area (Å²) < 4.78 is 12.7. The lowest BCUT2D eigenvalue weighted by Gasteiger charge is -2.16. The second-order valence-corrected chi connectivity index (χ2v) is 4.28. The number of carbonyl (C=O) groups excluding carboxylic acids is 1. The molecule has 3 nitrogen and oxygen atoms in total. The molecule has 0 saturated heterocycles. The van der Waals surface area contributed by atoms with Gasteiger partial charge >= 0.3 is 0 Å². The van der Waals surface area contributed by atoms with Crippen LogP contribution >= 0.6 is 12.2 Å². The zero-order valence-electron chi connectivity index (χ0n) is 9.57. The predicted molar refractivity (Wildman–Crippen MR) is 69.3 cm³/mol. The van der Waals surface area contributed by atoms with Crippen molar-refractivity contribution in [2.24, 2.45) is 5.73 Å². The first-order chi connectivity index (χ1) is 8.02. The molecule has 0 radical (unpaired) electrons. The Morgan fingerprint density at radius 1 is 1.47 bits per heavy atom. The van der Waals surface area contributed by atoms with E-state index in [-0.39, 0.29) is 17.8 Å². The van der Waals surface area contributed by atoms with Gasteiger partial charge in [-0.25, -0.2) is 4.39 Å². The van der Waals surface area contributed by atoms with Gasteiger partial charge in [-0.2, -0.15) is 0 Å². The number of amides is 1. The van der Waals surface area contributed by atoms with Crippen molar-refractivity contribution in [3.8, 4) is 0 Å². The van der Waals surface area contributed by atoms with Crippen molar-refractivity contribution in [3.63, 3.8) is 0 Å². The van der Waals surface area contributed by atoms with Gasteiger partial charge in [0.1, 0.15) is 5.82 Å². The van der Waals surface area contributed by atoms with Gasteiger partial charge in [-0.05, 0) is 30.7 Å². The second-order valence-electron chi connectivity index (χ2n) is 3.76. The first-order valence-corrected chi connectivity index (χ1v) is 5.78. The van der Waals surface area contributed by atoms with Crippen LogP contribution < -0.4 is 11.1 Å². The Morgan fingerprint density at radius 2 is 2.06 bits per heavy atom. The van der Waals surface area contributed by atoms with Crippen LogP contribution in [0.1, 0.15) is 30.1 Å². The van der Waals surface area contributed by atoms with Crippen molar-refractivity contribution in [1.29, 1.82) is 0 Å². The van der Waals surface area contributed by atoms with E-state index in [1.807, 2.05) is 6.92 Å². The number of halogens is 1. The molecule has 0 aliphatic rings. The summed E-state index contributed by atoms with van der Waals surface area (Å²) in [7, 11) is 0. The second kappa shape index (κ2) is 6.30. The molecule has 0 fully saturated rings. The molecule has 1 aromatic carbocycles. The molecule has 0 aliphatic heterocycles. The van der Waals surface area contributed by atoms with Crippen LogP contribution in [0.15, 0.2) is 24.3 Å². The fourth-order valence-electron chi connectivity index (χ4n) is 1.41. The Kier molecular flexibility index (Phi) is 5.03. The van der Waals surface area contributed by atoms with Crippen molar-refractivity contribution in [2.45, 2.75) is 25.8 Å². The number of benzene rings is 1. The first kappa shape index (κ1) is 13.6. The van der Waals surface area contributed by atoms with E-state index in [0.29, 0.717) is 17.0 Å². The van der Waals surface area contributed by atoms with Crippen molar-refractivity contribution >= 4 is 23.1 Å². The summed E-state index contributed by atoms with van der Waals surface area (Å²) >= 11 is 4.80. The number of rotatable bonds is 5. The van der Waals surface area contributed by atoms with Gasteiger partial charge in [-0.15, -0.1) is 0 Å². The Morgan fingerprint density at radius 3 is 2.53 bits per heavy atom. The van der Waals surface area contributed by atoms with Crippen molar-refractivity contribution < 1.29 is 9.18 Å². The number of thiocarbonyl (C=S) groups is 1. The lowest BCUT2D eigenvalue weighted by atomic mass is 10.1. The van der Waals surface area contributed by atoms with Gasteiger partial charge in [-0.3, -0.25) is 4.79 Å². The number of nitrogens with two attached hydrogens (primary N) is 1. The maximum absolute atomic E-state index is 12.7. The van der Waals surface area contributed by atoms with Crippen LogP contribution in [0.25, 0.3) is 0 Å². The van der Waals surface area contributed by atoms with Crippen LogP contribution in [-0.2, 0) is 0 Å². The van der Waals surface area contributed by atoms with E-state index in [1.165, 1.54) is 24.3 Å². The monoisotopic (exact) mass is 254 g/mol. The third kappa shape index (κ3) is 4.48. The van der Waals surface area contributed by atoms with Crippen LogP contribution in [0.5, 0.6) is 0 Å². The van der Waals surface area contributed by atoms with Crippen molar-refractivity contribution in [2.75, 3.05) is 0 Å². The molecule has 1 unspecified atom stereocenters. The number of nitrogens with one attached hydrogen (secondary N) is 1. The fourth-order valence-corrected chi connectivity index (χ4v) is 1.61. The molecule has 1 atom stereocenters. The SMILES string of the molecule is CCC(CC(N)=S)NC(=O)c1ccc(F)cc1. The van der Waals surface area contributed by atoms with Crippen LogP contribution in [0, 0.1) is 5.82 Å².